The summed E-state index contributed by atoms with van der Waals surface area (Å²) in [4.78, 5) is 2.51. The van der Waals surface area contributed by atoms with E-state index in [0.717, 1.165) is 52.2 Å². The summed E-state index contributed by atoms with van der Waals surface area (Å²) in [5.74, 6) is 0.763. The van der Waals surface area contributed by atoms with Crippen molar-refractivity contribution in [2.45, 2.75) is 25.5 Å². The molecule has 2 aliphatic heterocycles. The molecule has 3 rings (SSSR count). The van der Waals surface area contributed by atoms with E-state index < -0.39 is 6.61 Å². The first-order valence-corrected chi connectivity index (χ1v) is 8.31. The second-order valence-electron chi connectivity index (χ2n) is 6.13. The molecule has 1 atom stereocenters. The van der Waals surface area contributed by atoms with E-state index in [0.29, 0.717) is 12.0 Å². The smallest absolute Gasteiger partial charge is 0.387 e. The van der Waals surface area contributed by atoms with Gasteiger partial charge in [-0.05, 0) is 36.5 Å². The molecule has 0 spiro atoms. The monoisotopic (exact) mass is 326 g/mol. The van der Waals surface area contributed by atoms with Crippen LogP contribution in [0.2, 0.25) is 0 Å². The zero-order chi connectivity index (χ0) is 16.1. The van der Waals surface area contributed by atoms with Crippen molar-refractivity contribution in [1.29, 1.82) is 0 Å². The molecular weight excluding hydrogens is 302 g/mol. The molecule has 0 aromatic heterocycles. The van der Waals surface area contributed by atoms with Crippen LogP contribution in [0, 0.1) is 5.92 Å². The second-order valence-corrected chi connectivity index (χ2v) is 6.13. The van der Waals surface area contributed by atoms with Gasteiger partial charge in [0.1, 0.15) is 5.75 Å². The number of alkyl halides is 2. The highest BCUT2D eigenvalue weighted by Gasteiger charge is 2.31. The van der Waals surface area contributed by atoms with Crippen molar-refractivity contribution in [1.82, 2.24) is 10.2 Å². The summed E-state index contributed by atoms with van der Waals surface area (Å²) in [5, 5.41) is 3.38. The van der Waals surface area contributed by atoms with Crippen LogP contribution in [0.1, 0.15) is 24.4 Å². The lowest BCUT2D eigenvalue weighted by molar-refractivity contribution is -0.0498. The van der Waals surface area contributed by atoms with Crippen molar-refractivity contribution >= 4 is 0 Å². The Balaban J connectivity index is 1.78. The lowest BCUT2D eigenvalue weighted by atomic mass is 9.85. The fourth-order valence-corrected chi connectivity index (χ4v) is 3.62. The van der Waals surface area contributed by atoms with E-state index in [4.69, 9.17) is 4.74 Å². The summed E-state index contributed by atoms with van der Waals surface area (Å²) in [5.41, 5.74) is 1.18. The lowest BCUT2D eigenvalue weighted by Gasteiger charge is -2.41. The highest BCUT2D eigenvalue weighted by molar-refractivity contribution is 5.30. The third kappa shape index (κ3) is 4.40. The number of nitrogens with one attached hydrogen (secondary N) is 1. The Hall–Kier alpha value is -1.24. The molecule has 2 fully saturated rings. The van der Waals surface area contributed by atoms with Crippen LogP contribution in [0.15, 0.2) is 24.3 Å². The van der Waals surface area contributed by atoms with Gasteiger partial charge in [0.25, 0.3) is 0 Å². The van der Waals surface area contributed by atoms with Crippen LogP contribution in [-0.2, 0) is 4.74 Å². The second kappa shape index (κ2) is 8.04. The predicted molar refractivity (Wildman–Crippen MR) is 83.8 cm³/mol. The molecule has 0 radical (unpaired) electrons. The van der Waals surface area contributed by atoms with E-state index in [-0.39, 0.29) is 5.75 Å². The molecule has 0 unspecified atom stereocenters. The highest BCUT2D eigenvalue weighted by atomic mass is 19.3. The molecule has 0 aliphatic carbocycles. The van der Waals surface area contributed by atoms with E-state index in [9.17, 15) is 8.78 Å². The number of hydrogen-bond donors (Lipinski definition) is 1. The average molecular weight is 326 g/mol. The largest absolute Gasteiger partial charge is 0.435 e. The van der Waals surface area contributed by atoms with E-state index in [1.54, 1.807) is 12.1 Å². The SMILES string of the molecule is FC(F)Oc1ccc([C@@H](C2CCOCC2)N2CCNCC2)cc1. The van der Waals surface area contributed by atoms with Gasteiger partial charge in [-0.15, -0.1) is 0 Å². The first-order valence-electron chi connectivity index (χ1n) is 8.31. The van der Waals surface area contributed by atoms with Crippen molar-refractivity contribution in [3.8, 4) is 5.75 Å². The highest BCUT2D eigenvalue weighted by Crippen LogP contribution is 2.36. The third-order valence-electron chi connectivity index (χ3n) is 4.70. The number of piperazine rings is 1. The number of ether oxygens (including phenoxy) is 2. The minimum Gasteiger partial charge on any atom is -0.435 e. The molecule has 1 aromatic carbocycles. The summed E-state index contributed by atoms with van der Waals surface area (Å²) in [6, 6.07) is 7.48. The summed E-state index contributed by atoms with van der Waals surface area (Å²) in [6.07, 6.45) is 2.09. The van der Waals surface area contributed by atoms with Gasteiger partial charge in [0.2, 0.25) is 0 Å². The fraction of sp³-hybridized carbons (Fsp3) is 0.647. The van der Waals surface area contributed by atoms with Gasteiger partial charge in [-0.25, -0.2) is 0 Å². The van der Waals surface area contributed by atoms with Gasteiger partial charge in [-0.3, -0.25) is 4.90 Å². The van der Waals surface area contributed by atoms with Gasteiger partial charge < -0.3 is 14.8 Å². The van der Waals surface area contributed by atoms with Crippen molar-refractivity contribution < 1.29 is 18.3 Å². The minimum atomic E-state index is -2.78. The summed E-state index contributed by atoms with van der Waals surface area (Å²) < 4.78 is 34.6. The summed E-state index contributed by atoms with van der Waals surface area (Å²) in [7, 11) is 0. The fourth-order valence-electron chi connectivity index (χ4n) is 3.62. The van der Waals surface area contributed by atoms with Crippen LogP contribution in [0.4, 0.5) is 8.78 Å². The minimum absolute atomic E-state index is 0.217. The van der Waals surface area contributed by atoms with Crippen LogP contribution in [0.5, 0.6) is 5.75 Å². The van der Waals surface area contributed by atoms with Crippen molar-refractivity contribution in [3.63, 3.8) is 0 Å². The molecule has 4 nitrogen and oxygen atoms in total. The molecule has 128 valence electrons. The maximum absolute atomic E-state index is 12.3. The molecule has 6 heteroatoms. The summed E-state index contributed by atoms with van der Waals surface area (Å²) in [6.45, 7) is 2.84. The van der Waals surface area contributed by atoms with Crippen LogP contribution < -0.4 is 10.1 Å². The molecule has 2 aliphatic rings. The zero-order valence-corrected chi connectivity index (χ0v) is 13.2. The van der Waals surface area contributed by atoms with E-state index in [1.807, 2.05) is 12.1 Å². The van der Waals surface area contributed by atoms with Gasteiger partial charge in [-0.2, -0.15) is 8.78 Å². The third-order valence-corrected chi connectivity index (χ3v) is 4.70. The molecule has 1 aromatic rings. The summed E-state index contributed by atoms with van der Waals surface area (Å²) >= 11 is 0. The predicted octanol–water partition coefficient (Wildman–Crippen LogP) is 2.66. The van der Waals surface area contributed by atoms with E-state index >= 15 is 0 Å². The van der Waals surface area contributed by atoms with E-state index in [2.05, 4.69) is 15.0 Å². The molecule has 2 heterocycles. The first kappa shape index (κ1) is 16.6. The van der Waals surface area contributed by atoms with Gasteiger partial charge in [0.15, 0.2) is 0 Å². The van der Waals surface area contributed by atoms with Crippen LogP contribution in [0.25, 0.3) is 0 Å². The van der Waals surface area contributed by atoms with Crippen molar-refractivity contribution in [2.75, 3.05) is 39.4 Å². The lowest BCUT2D eigenvalue weighted by Crippen LogP contribution is -2.47. The maximum Gasteiger partial charge on any atom is 0.387 e. The number of nitrogens with zero attached hydrogens (tertiary/aromatic N) is 1. The van der Waals surface area contributed by atoms with Gasteiger partial charge in [0.05, 0.1) is 0 Å². The number of hydrogen-bond acceptors (Lipinski definition) is 4. The average Bonchev–Trinajstić information content (AvgIpc) is 2.58. The van der Waals surface area contributed by atoms with Crippen LogP contribution >= 0.6 is 0 Å². The Labute approximate surface area is 135 Å². The Kier molecular flexibility index (Phi) is 5.80. The van der Waals surface area contributed by atoms with E-state index in [1.165, 1.54) is 5.56 Å². The Morgan fingerprint density at radius 2 is 1.74 bits per heavy atom. The molecule has 0 bridgehead atoms. The standard InChI is InChI=1S/C17H24F2N2O2/c18-17(19)23-15-3-1-13(2-4-15)16(14-5-11-22-12-6-14)21-9-7-20-8-10-21/h1-4,14,16-17,20H,5-12H2/t16-/m0/s1. The zero-order valence-electron chi connectivity index (χ0n) is 13.2. The molecule has 0 saturated carbocycles. The molecule has 23 heavy (non-hydrogen) atoms. The Bertz CT molecular complexity index is 454. The van der Waals surface area contributed by atoms with Gasteiger partial charge in [0, 0.05) is 45.4 Å². The number of benzene rings is 1. The molecular formula is C17H24F2N2O2. The topological polar surface area (TPSA) is 33.7 Å². The maximum atomic E-state index is 12.3. The quantitative estimate of drug-likeness (QED) is 0.902. The molecule has 1 N–H and O–H groups in total. The Morgan fingerprint density at radius 3 is 2.35 bits per heavy atom. The number of rotatable bonds is 5. The first-order chi connectivity index (χ1) is 11.2. The van der Waals surface area contributed by atoms with Crippen LogP contribution in [0.3, 0.4) is 0 Å². The van der Waals surface area contributed by atoms with Crippen molar-refractivity contribution in [2.24, 2.45) is 5.92 Å². The normalized spacial score (nSPS) is 22.2. The van der Waals surface area contributed by atoms with Gasteiger partial charge >= 0.3 is 6.61 Å². The van der Waals surface area contributed by atoms with Crippen LogP contribution in [-0.4, -0.2) is 50.9 Å². The molecule has 2 saturated heterocycles. The Morgan fingerprint density at radius 1 is 1.09 bits per heavy atom. The van der Waals surface area contributed by atoms with Gasteiger partial charge in [-0.1, -0.05) is 12.1 Å². The van der Waals surface area contributed by atoms with Crippen molar-refractivity contribution in [3.05, 3.63) is 29.8 Å². The number of halogens is 2. The molecule has 0 amide bonds.